The zero-order chi connectivity index (χ0) is 20.8. The van der Waals surface area contributed by atoms with Crippen molar-refractivity contribution in [1.82, 2.24) is 14.5 Å². The predicted octanol–water partition coefficient (Wildman–Crippen LogP) is 4.73. The molecule has 1 aliphatic heterocycles. The molecule has 0 aliphatic carbocycles. The van der Waals surface area contributed by atoms with Crippen molar-refractivity contribution in [2.24, 2.45) is 7.05 Å². The van der Waals surface area contributed by atoms with Crippen LogP contribution in [-0.4, -0.2) is 22.8 Å². The Morgan fingerprint density at radius 3 is 2.71 bits per heavy atom. The van der Waals surface area contributed by atoms with Crippen molar-refractivity contribution < 1.29 is 4.74 Å². The second kappa shape index (κ2) is 8.42. The van der Waals surface area contributed by atoms with Gasteiger partial charge in [-0.25, -0.2) is 0 Å². The molecule has 1 N–H and O–H groups in total. The van der Waals surface area contributed by atoms with E-state index in [0.717, 1.165) is 41.8 Å². The lowest BCUT2D eigenvalue weighted by Gasteiger charge is -2.14. The topological polar surface area (TPSA) is 48.2 Å². The summed E-state index contributed by atoms with van der Waals surface area (Å²) in [7, 11) is 3.70. The number of aryl methyl sites for hydroxylation is 1. The maximum absolute atomic E-state index is 13.0. The molecule has 3 heterocycles. The molecule has 0 saturated heterocycles. The Kier molecular flexibility index (Phi) is 5.84. The molecule has 0 bridgehead atoms. The first-order chi connectivity index (χ1) is 14.6. The summed E-state index contributed by atoms with van der Waals surface area (Å²) in [6, 6.07) is 15.2. The lowest BCUT2D eigenvalue weighted by molar-refractivity contribution is 0.416. The molecule has 0 fully saturated rings. The molecule has 160 valence electrons. The van der Waals surface area contributed by atoms with Crippen LogP contribution in [0.15, 0.2) is 59.5 Å². The van der Waals surface area contributed by atoms with Gasteiger partial charge >= 0.3 is 0 Å². The Morgan fingerprint density at radius 2 is 1.94 bits per heavy atom. The molecule has 2 aromatic heterocycles. The first-order valence-electron chi connectivity index (χ1n) is 9.94. The van der Waals surface area contributed by atoms with E-state index in [0.29, 0.717) is 10.8 Å². The molecular weight excluding hydrogens is 433 g/mol. The second-order valence-corrected chi connectivity index (χ2v) is 8.02. The largest absolute Gasteiger partial charge is 0.496 e. The smallest absolute Gasteiger partial charge is 0.255 e. The molecule has 5 nitrogen and oxygen atoms in total. The number of fused-ring (bicyclic) bond motifs is 3. The molecule has 0 unspecified atom stereocenters. The number of nitrogens with one attached hydrogen (secondary N) is 1. The molecule has 0 radical (unpaired) electrons. The monoisotopic (exact) mass is 455 g/mol. The number of methoxy groups -OCH3 is 1. The fraction of sp³-hybridized carbons (Fsp3) is 0.208. The summed E-state index contributed by atoms with van der Waals surface area (Å²) in [6.45, 7) is 1.89. The molecule has 4 aromatic rings. The van der Waals surface area contributed by atoms with Crippen molar-refractivity contribution in [2.45, 2.75) is 13.0 Å². The average molecular weight is 456 g/mol. The van der Waals surface area contributed by atoms with E-state index in [1.807, 2.05) is 24.4 Å². The SMILES string of the molecule is COc1cc(Cl)ccc1-c1ccn(-c2ccc3c4c(n(C)c3c2)CCNC4)c(=O)c1.Cl. The van der Waals surface area contributed by atoms with Gasteiger partial charge in [0.1, 0.15) is 5.75 Å². The molecule has 0 amide bonds. The van der Waals surface area contributed by atoms with Crippen LogP contribution in [0.4, 0.5) is 0 Å². The lowest BCUT2D eigenvalue weighted by atomic mass is 10.1. The Labute approximate surface area is 191 Å². The van der Waals surface area contributed by atoms with Crippen LogP contribution in [0.3, 0.4) is 0 Å². The van der Waals surface area contributed by atoms with Crippen LogP contribution in [0.5, 0.6) is 5.75 Å². The molecule has 2 aromatic carbocycles. The first-order valence-corrected chi connectivity index (χ1v) is 10.3. The summed E-state index contributed by atoms with van der Waals surface area (Å²) in [4.78, 5) is 13.0. The number of rotatable bonds is 3. The van der Waals surface area contributed by atoms with Crippen LogP contribution < -0.4 is 15.6 Å². The highest BCUT2D eigenvalue weighted by Gasteiger charge is 2.18. The zero-order valence-electron chi connectivity index (χ0n) is 17.3. The summed E-state index contributed by atoms with van der Waals surface area (Å²) in [6.07, 6.45) is 2.84. The lowest BCUT2D eigenvalue weighted by Crippen LogP contribution is -2.24. The Morgan fingerprint density at radius 1 is 1.10 bits per heavy atom. The summed E-state index contributed by atoms with van der Waals surface area (Å²) in [5, 5.41) is 5.29. The van der Waals surface area contributed by atoms with Gasteiger partial charge in [0.25, 0.3) is 5.56 Å². The van der Waals surface area contributed by atoms with Gasteiger partial charge in [0.05, 0.1) is 18.3 Å². The van der Waals surface area contributed by atoms with Crippen molar-refractivity contribution >= 4 is 34.9 Å². The minimum atomic E-state index is -0.0931. The van der Waals surface area contributed by atoms with Gasteiger partial charge < -0.3 is 14.6 Å². The summed E-state index contributed by atoms with van der Waals surface area (Å²) in [5.74, 6) is 0.643. The van der Waals surface area contributed by atoms with Gasteiger partial charge in [0, 0.05) is 60.5 Å². The van der Waals surface area contributed by atoms with E-state index in [2.05, 4.69) is 29.1 Å². The molecule has 1 aliphatic rings. The van der Waals surface area contributed by atoms with Crippen molar-refractivity contribution in [3.63, 3.8) is 0 Å². The highest BCUT2D eigenvalue weighted by Crippen LogP contribution is 2.32. The van der Waals surface area contributed by atoms with Gasteiger partial charge in [0.2, 0.25) is 0 Å². The van der Waals surface area contributed by atoms with E-state index < -0.39 is 0 Å². The van der Waals surface area contributed by atoms with Gasteiger partial charge in [-0.2, -0.15) is 0 Å². The van der Waals surface area contributed by atoms with Crippen molar-refractivity contribution in [3.05, 3.63) is 81.4 Å². The third-order valence-corrected chi connectivity index (χ3v) is 6.17. The van der Waals surface area contributed by atoms with E-state index in [-0.39, 0.29) is 18.0 Å². The third kappa shape index (κ3) is 3.63. The number of aromatic nitrogens is 2. The van der Waals surface area contributed by atoms with E-state index >= 15 is 0 Å². The maximum Gasteiger partial charge on any atom is 0.255 e. The molecule has 5 rings (SSSR count). The number of ether oxygens (including phenoxy) is 1. The summed E-state index contributed by atoms with van der Waals surface area (Å²) >= 11 is 6.07. The fourth-order valence-electron chi connectivity index (χ4n) is 4.41. The minimum Gasteiger partial charge on any atom is -0.496 e. The zero-order valence-corrected chi connectivity index (χ0v) is 18.9. The molecular formula is C24H23Cl2N3O2. The molecule has 0 spiro atoms. The number of pyridine rings is 1. The number of halogens is 2. The van der Waals surface area contributed by atoms with Crippen LogP contribution in [-0.2, 0) is 20.0 Å². The van der Waals surface area contributed by atoms with Crippen molar-refractivity contribution in [1.29, 1.82) is 0 Å². The number of hydrogen-bond donors (Lipinski definition) is 1. The molecule has 31 heavy (non-hydrogen) atoms. The Hall–Kier alpha value is -2.73. The van der Waals surface area contributed by atoms with Gasteiger partial charge in [0.15, 0.2) is 0 Å². The number of hydrogen-bond acceptors (Lipinski definition) is 3. The summed E-state index contributed by atoms with van der Waals surface area (Å²) < 4.78 is 9.37. The normalized spacial score (nSPS) is 13.0. The van der Waals surface area contributed by atoms with Crippen molar-refractivity contribution in [3.8, 4) is 22.6 Å². The predicted molar refractivity (Wildman–Crippen MR) is 128 cm³/mol. The third-order valence-electron chi connectivity index (χ3n) is 5.93. The van der Waals surface area contributed by atoms with E-state index in [9.17, 15) is 4.79 Å². The van der Waals surface area contributed by atoms with Crippen LogP contribution in [0, 0.1) is 0 Å². The van der Waals surface area contributed by atoms with Crippen LogP contribution in [0.2, 0.25) is 5.02 Å². The van der Waals surface area contributed by atoms with E-state index in [1.165, 1.54) is 16.6 Å². The fourth-order valence-corrected chi connectivity index (χ4v) is 4.57. The Balaban J connectivity index is 0.00000231. The second-order valence-electron chi connectivity index (χ2n) is 7.58. The number of benzene rings is 2. The van der Waals surface area contributed by atoms with Crippen LogP contribution in [0.25, 0.3) is 27.7 Å². The first kappa shape index (κ1) is 21.5. The number of nitrogens with zero attached hydrogens (tertiary/aromatic N) is 2. The highest BCUT2D eigenvalue weighted by atomic mass is 35.5. The maximum atomic E-state index is 13.0. The van der Waals surface area contributed by atoms with Crippen LogP contribution >= 0.6 is 24.0 Å². The highest BCUT2D eigenvalue weighted by molar-refractivity contribution is 6.30. The average Bonchev–Trinajstić information content (AvgIpc) is 3.05. The van der Waals surface area contributed by atoms with E-state index in [1.54, 1.807) is 29.9 Å². The quantitative estimate of drug-likeness (QED) is 0.485. The van der Waals surface area contributed by atoms with Crippen molar-refractivity contribution in [2.75, 3.05) is 13.7 Å². The minimum absolute atomic E-state index is 0. The summed E-state index contributed by atoms with van der Waals surface area (Å²) in [5.41, 5.74) is 6.28. The van der Waals surface area contributed by atoms with Crippen LogP contribution in [0.1, 0.15) is 11.3 Å². The molecule has 0 saturated carbocycles. The standard InChI is InChI=1S/C24H22ClN3O2.ClH/c1-27-21-7-9-26-14-20(21)19-6-4-17(13-22(19)27)28-10-8-15(11-24(28)29)18-5-3-16(25)12-23(18)30-2;/h3-6,8,10-13,26H,7,9,14H2,1-2H3;1H. The molecule has 0 atom stereocenters. The van der Waals surface area contributed by atoms with Gasteiger partial charge in [-0.3, -0.25) is 9.36 Å². The van der Waals surface area contributed by atoms with E-state index in [4.69, 9.17) is 16.3 Å². The van der Waals surface area contributed by atoms with Gasteiger partial charge in [-0.1, -0.05) is 17.7 Å². The van der Waals surface area contributed by atoms with Gasteiger partial charge in [-0.15, -0.1) is 12.4 Å². The molecule has 7 heteroatoms. The van der Waals surface area contributed by atoms with Gasteiger partial charge in [-0.05, 0) is 47.5 Å². The Bertz CT molecular complexity index is 1340.